The van der Waals surface area contributed by atoms with Gasteiger partial charge in [0, 0.05) is 21.2 Å². The van der Waals surface area contributed by atoms with Crippen molar-refractivity contribution >= 4 is 34.1 Å². The summed E-state index contributed by atoms with van der Waals surface area (Å²) in [4.78, 5) is 12.9. The van der Waals surface area contributed by atoms with E-state index in [-0.39, 0.29) is 11.8 Å². The van der Waals surface area contributed by atoms with E-state index in [0.29, 0.717) is 12.0 Å². The van der Waals surface area contributed by atoms with Gasteiger partial charge in [-0.1, -0.05) is 12.1 Å². The second kappa shape index (κ2) is 9.59. The molecule has 0 aliphatic heterocycles. The number of ether oxygens (including phenoxy) is 2. The Morgan fingerprint density at radius 1 is 0.857 bits per heavy atom. The van der Waals surface area contributed by atoms with Crippen molar-refractivity contribution in [1.29, 1.82) is 0 Å². The van der Waals surface area contributed by atoms with Crippen LogP contribution in [-0.2, 0) is 0 Å². The van der Waals surface area contributed by atoms with Gasteiger partial charge >= 0.3 is 0 Å². The molecule has 28 heavy (non-hydrogen) atoms. The van der Waals surface area contributed by atoms with Crippen molar-refractivity contribution in [3.05, 3.63) is 87.5 Å². The summed E-state index contributed by atoms with van der Waals surface area (Å²) < 4.78 is 11.6. The smallest absolute Gasteiger partial charge is 0.165 e. The lowest BCUT2D eigenvalue weighted by Crippen LogP contribution is -2.16. The van der Waals surface area contributed by atoms with E-state index < -0.39 is 0 Å². The zero-order valence-corrected chi connectivity index (χ0v) is 18.0. The molecule has 3 rings (SSSR count). The van der Waals surface area contributed by atoms with Gasteiger partial charge in [-0.3, -0.25) is 4.79 Å². The Kier molecular flexibility index (Phi) is 6.92. The topological polar surface area (TPSA) is 47.6 Å². The van der Waals surface area contributed by atoms with Gasteiger partial charge in [-0.25, -0.2) is 0 Å². The Labute approximate surface area is 179 Å². The van der Waals surface area contributed by atoms with Crippen molar-refractivity contribution in [3.63, 3.8) is 0 Å². The maximum Gasteiger partial charge on any atom is 0.165 e. The second-order valence-electron chi connectivity index (χ2n) is 6.33. The van der Waals surface area contributed by atoms with Gasteiger partial charge in [0.25, 0.3) is 0 Å². The van der Waals surface area contributed by atoms with Gasteiger partial charge in [0.15, 0.2) is 5.78 Å². The second-order valence-corrected chi connectivity index (χ2v) is 7.58. The number of ketones is 1. The number of Topliss-reactive ketones (excluding diaryl/α,β-unsaturated/α-hetero) is 1. The first-order valence-electron chi connectivity index (χ1n) is 8.92. The Bertz CT molecular complexity index is 906. The Balaban J connectivity index is 1.83. The van der Waals surface area contributed by atoms with Gasteiger partial charge in [0.2, 0.25) is 0 Å². The van der Waals surface area contributed by atoms with Crippen LogP contribution in [0.4, 0.5) is 5.69 Å². The molecule has 1 unspecified atom stereocenters. The van der Waals surface area contributed by atoms with Crippen LogP contribution >= 0.6 is 22.6 Å². The molecule has 0 aromatic heterocycles. The Morgan fingerprint density at radius 2 is 1.39 bits per heavy atom. The number of anilines is 1. The highest BCUT2D eigenvalue weighted by Crippen LogP contribution is 2.27. The van der Waals surface area contributed by atoms with Gasteiger partial charge in [-0.15, -0.1) is 0 Å². The molecule has 144 valence electrons. The van der Waals surface area contributed by atoms with Crippen LogP contribution in [-0.4, -0.2) is 20.0 Å². The first kappa shape index (κ1) is 20.2. The number of hydrogen-bond acceptors (Lipinski definition) is 4. The molecule has 0 fully saturated rings. The van der Waals surface area contributed by atoms with Crippen LogP contribution in [0.25, 0.3) is 0 Å². The summed E-state index contributed by atoms with van der Waals surface area (Å²) in [6.07, 6.45) is 0.338. The van der Waals surface area contributed by atoms with Crippen molar-refractivity contribution in [1.82, 2.24) is 0 Å². The Morgan fingerprint density at radius 3 is 1.93 bits per heavy atom. The number of carbonyl (C=O) groups excluding carboxylic acids is 1. The lowest BCUT2D eigenvalue weighted by molar-refractivity contribution is 0.0976. The van der Waals surface area contributed by atoms with Crippen LogP contribution < -0.4 is 14.8 Å². The molecule has 0 spiro atoms. The van der Waals surface area contributed by atoms with Crippen molar-refractivity contribution in [3.8, 4) is 11.5 Å². The van der Waals surface area contributed by atoms with Crippen LogP contribution in [0.3, 0.4) is 0 Å². The monoisotopic (exact) mass is 487 g/mol. The van der Waals surface area contributed by atoms with E-state index >= 15 is 0 Å². The molecule has 0 heterocycles. The highest BCUT2D eigenvalue weighted by molar-refractivity contribution is 14.1. The highest BCUT2D eigenvalue weighted by Gasteiger charge is 2.18. The molecule has 0 bridgehead atoms. The zero-order valence-electron chi connectivity index (χ0n) is 15.8. The SMILES string of the molecule is COc1ccc(C(=O)CC(Nc2ccc(I)cc2)c2ccc(OC)cc2)cc1. The van der Waals surface area contributed by atoms with Gasteiger partial charge in [-0.05, 0) is 88.8 Å². The Hall–Kier alpha value is -2.54. The van der Waals surface area contributed by atoms with Crippen LogP contribution in [0.15, 0.2) is 72.8 Å². The predicted octanol–water partition coefficient (Wildman–Crippen LogP) is 5.73. The van der Waals surface area contributed by atoms with Gasteiger partial charge in [0.05, 0.1) is 20.3 Å². The molecule has 0 amide bonds. The fourth-order valence-corrected chi connectivity index (χ4v) is 3.28. The fraction of sp³-hybridized carbons (Fsp3) is 0.174. The summed E-state index contributed by atoms with van der Waals surface area (Å²) >= 11 is 2.28. The molecule has 3 aromatic rings. The third kappa shape index (κ3) is 5.25. The van der Waals surface area contributed by atoms with Crippen LogP contribution in [0, 0.1) is 3.57 Å². The molecule has 0 saturated heterocycles. The van der Waals surface area contributed by atoms with Gasteiger partial charge < -0.3 is 14.8 Å². The first-order valence-corrected chi connectivity index (χ1v) is 10.00. The van der Waals surface area contributed by atoms with Gasteiger partial charge in [-0.2, -0.15) is 0 Å². The number of carbonyl (C=O) groups is 1. The lowest BCUT2D eigenvalue weighted by atomic mass is 9.97. The number of methoxy groups -OCH3 is 2. The normalized spacial score (nSPS) is 11.5. The lowest BCUT2D eigenvalue weighted by Gasteiger charge is -2.20. The molecule has 0 aliphatic rings. The molecule has 1 atom stereocenters. The minimum absolute atomic E-state index is 0.0708. The summed E-state index contributed by atoms with van der Waals surface area (Å²) in [5, 5.41) is 3.49. The van der Waals surface area contributed by atoms with E-state index in [4.69, 9.17) is 9.47 Å². The van der Waals surface area contributed by atoms with E-state index in [9.17, 15) is 4.79 Å². The van der Waals surface area contributed by atoms with Crippen LogP contribution in [0.1, 0.15) is 28.4 Å². The van der Waals surface area contributed by atoms with Crippen molar-refractivity contribution in [2.75, 3.05) is 19.5 Å². The summed E-state index contributed by atoms with van der Waals surface area (Å²) in [5.41, 5.74) is 2.67. The molecular weight excluding hydrogens is 465 g/mol. The maximum atomic E-state index is 12.9. The summed E-state index contributed by atoms with van der Waals surface area (Å²) in [6.45, 7) is 0. The summed E-state index contributed by atoms with van der Waals surface area (Å²) in [5.74, 6) is 1.60. The van der Waals surface area contributed by atoms with Gasteiger partial charge in [0.1, 0.15) is 11.5 Å². The quantitative estimate of drug-likeness (QED) is 0.326. The first-order chi connectivity index (χ1) is 13.6. The number of nitrogens with one attached hydrogen (secondary N) is 1. The maximum absolute atomic E-state index is 12.9. The summed E-state index contributed by atoms with van der Waals surface area (Å²) in [6, 6.07) is 23.0. The third-order valence-corrected chi connectivity index (χ3v) is 5.22. The van der Waals surface area contributed by atoms with Crippen molar-refractivity contribution in [2.24, 2.45) is 0 Å². The minimum Gasteiger partial charge on any atom is -0.497 e. The standard InChI is InChI=1S/C23H22INO3/c1-27-20-11-3-16(4-12-20)22(25-19-9-7-18(24)8-10-19)15-23(26)17-5-13-21(28-2)14-6-17/h3-14,22,25H,15H2,1-2H3. The van der Waals surface area contributed by atoms with Crippen LogP contribution in [0.5, 0.6) is 11.5 Å². The molecule has 0 aliphatic carbocycles. The number of hydrogen-bond donors (Lipinski definition) is 1. The molecule has 3 aromatic carbocycles. The number of rotatable bonds is 8. The molecular formula is C23H22INO3. The summed E-state index contributed by atoms with van der Waals surface area (Å²) in [7, 11) is 3.25. The molecule has 4 nitrogen and oxygen atoms in total. The minimum atomic E-state index is -0.152. The van der Waals surface area contributed by atoms with Crippen molar-refractivity contribution < 1.29 is 14.3 Å². The van der Waals surface area contributed by atoms with E-state index in [1.165, 1.54) is 3.57 Å². The van der Waals surface area contributed by atoms with E-state index in [1.807, 2.05) is 60.7 Å². The zero-order chi connectivity index (χ0) is 19.9. The number of halogens is 1. The molecule has 0 saturated carbocycles. The van der Waals surface area contributed by atoms with Crippen molar-refractivity contribution in [2.45, 2.75) is 12.5 Å². The fourth-order valence-electron chi connectivity index (χ4n) is 2.92. The van der Waals surface area contributed by atoms with E-state index in [2.05, 4.69) is 27.9 Å². The highest BCUT2D eigenvalue weighted by atomic mass is 127. The largest absolute Gasteiger partial charge is 0.497 e. The average Bonchev–Trinajstić information content (AvgIpc) is 2.75. The third-order valence-electron chi connectivity index (χ3n) is 4.50. The molecule has 5 heteroatoms. The van der Waals surface area contributed by atoms with E-state index in [0.717, 1.165) is 22.7 Å². The van der Waals surface area contributed by atoms with E-state index in [1.54, 1.807) is 26.4 Å². The average molecular weight is 487 g/mol. The number of benzene rings is 3. The van der Waals surface area contributed by atoms with Crippen LogP contribution in [0.2, 0.25) is 0 Å². The predicted molar refractivity (Wildman–Crippen MR) is 120 cm³/mol. The molecule has 1 N–H and O–H groups in total. The molecule has 0 radical (unpaired) electrons.